The molecule has 1 aliphatic heterocycles. The molecule has 0 bridgehead atoms. The number of carbonyl (C=O) groups excluding carboxylic acids is 2. The van der Waals surface area contributed by atoms with Crippen molar-refractivity contribution in [2.24, 2.45) is 0 Å². The van der Waals surface area contributed by atoms with Crippen LogP contribution in [-0.4, -0.2) is 22.5 Å². The van der Waals surface area contributed by atoms with Gasteiger partial charge in [0.2, 0.25) is 11.8 Å². The minimum atomic E-state index is -0.827. The van der Waals surface area contributed by atoms with Crippen molar-refractivity contribution < 1.29 is 14.7 Å². The Kier molecular flexibility index (Phi) is 3.68. The summed E-state index contributed by atoms with van der Waals surface area (Å²) < 4.78 is 0. The standard InChI is InChI=1S/C16H20N2O3/c19-14-6-3-11-9-12(4-5-13(11)18-14)17-15(20)10-16(21)7-1-2-8-16/h4-5,9,21H,1-3,6-8,10H2,(H,17,20)(H,18,19). The number of hydrogen-bond acceptors (Lipinski definition) is 3. The summed E-state index contributed by atoms with van der Waals surface area (Å²) in [6.07, 6.45) is 4.71. The molecule has 112 valence electrons. The second kappa shape index (κ2) is 5.48. The molecule has 1 heterocycles. The van der Waals surface area contributed by atoms with E-state index in [-0.39, 0.29) is 18.2 Å². The van der Waals surface area contributed by atoms with Crippen molar-refractivity contribution in [3.05, 3.63) is 23.8 Å². The van der Waals surface area contributed by atoms with Crippen LogP contribution in [0, 0.1) is 0 Å². The van der Waals surface area contributed by atoms with Crippen LogP contribution >= 0.6 is 0 Å². The highest BCUT2D eigenvalue weighted by molar-refractivity contribution is 5.95. The molecule has 0 radical (unpaired) electrons. The Balaban J connectivity index is 1.65. The molecular weight excluding hydrogens is 268 g/mol. The number of amides is 2. The van der Waals surface area contributed by atoms with Crippen LogP contribution in [0.15, 0.2) is 18.2 Å². The highest BCUT2D eigenvalue weighted by Crippen LogP contribution is 2.33. The summed E-state index contributed by atoms with van der Waals surface area (Å²) in [4.78, 5) is 23.4. The monoisotopic (exact) mass is 288 g/mol. The first-order valence-corrected chi connectivity index (χ1v) is 7.49. The molecule has 0 saturated heterocycles. The second-order valence-electron chi connectivity index (χ2n) is 6.08. The fourth-order valence-corrected chi connectivity index (χ4v) is 3.18. The molecule has 1 aromatic carbocycles. The summed E-state index contributed by atoms with van der Waals surface area (Å²) in [5.74, 6) is -0.123. The van der Waals surface area contributed by atoms with Gasteiger partial charge in [-0.15, -0.1) is 0 Å². The van der Waals surface area contributed by atoms with Crippen molar-refractivity contribution in [3.8, 4) is 0 Å². The smallest absolute Gasteiger partial charge is 0.227 e. The van der Waals surface area contributed by atoms with Gasteiger partial charge in [-0.2, -0.15) is 0 Å². The van der Waals surface area contributed by atoms with E-state index >= 15 is 0 Å². The van der Waals surface area contributed by atoms with Crippen molar-refractivity contribution >= 4 is 23.2 Å². The summed E-state index contributed by atoms with van der Waals surface area (Å²) in [6.45, 7) is 0. The third kappa shape index (κ3) is 3.24. The van der Waals surface area contributed by atoms with Crippen molar-refractivity contribution in [2.75, 3.05) is 10.6 Å². The Labute approximate surface area is 123 Å². The van der Waals surface area contributed by atoms with Crippen molar-refractivity contribution in [1.29, 1.82) is 0 Å². The van der Waals surface area contributed by atoms with Crippen LogP contribution in [0.25, 0.3) is 0 Å². The first-order valence-electron chi connectivity index (χ1n) is 7.49. The number of rotatable bonds is 3. The summed E-state index contributed by atoms with van der Waals surface area (Å²) in [5, 5.41) is 15.9. The fraction of sp³-hybridized carbons (Fsp3) is 0.500. The van der Waals surface area contributed by atoms with Gasteiger partial charge in [-0.25, -0.2) is 0 Å². The molecule has 0 spiro atoms. The Morgan fingerprint density at radius 2 is 2.05 bits per heavy atom. The molecule has 2 amide bonds. The largest absolute Gasteiger partial charge is 0.389 e. The summed E-state index contributed by atoms with van der Waals surface area (Å²) in [5.41, 5.74) is 1.74. The maximum atomic E-state index is 12.1. The van der Waals surface area contributed by atoms with Crippen LogP contribution in [0.3, 0.4) is 0 Å². The van der Waals surface area contributed by atoms with Gasteiger partial charge < -0.3 is 15.7 Å². The first kappa shape index (κ1) is 14.1. The molecule has 1 aliphatic carbocycles. The number of aliphatic hydroxyl groups is 1. The molecule has 3 rings (SSSR count). The van der Waals surface area contributed by atoms with Gasteiger partial charge >= 0.3 is 0 Å². The summed E-state index contributed by atoms with van der Waals surface area (Å²) in [6, 6.07) is 5.48. The highest BCUT2D eigenvalue weighted by atomic mass is 16.3. The predicted octanol–water partition coefficient (Wildman–Crippen LogP) is 2.21. The Morgan fingerprint density at radius 1 is 1.29 bits per heavy atom. The first-order chi connectivity index (χ1) is 10.0. The zero-order valence-electron chi connectivity index (χ0n) is 11.9. The van der Waals surface area contributed by atoms with Gasteiger partial charge in [-0.3, -0.25) is 9.59 Å². The quantitative estimate of drug-likeness (QED) is 0.798. The molecule has 0 unspecified atom stereocenters. The third-order valence-electron chi connectivity index (χ3n) is 4.31. The van der Waals surface area contributed by atoms with Crippen LogP contribution in [0.5, 0.6) is 0 Å². The molecule has 0 aromatic heterocycles. The molecule has 21 heavy (non-hydrogen) atoms. The lowest BCUT2D eigenvalue weighted by Gasteiger charge is -2.22. The molecule has 0 atom stereocenters. The Bertz CT molecular complexity index is 577. The van der Waals surface area contributed by atoms with Gasteiger partial charge in [0.05, 0.1) is 12.0 Å². The van der Waals surface area contributed by atoms with Crippen molar-refractivity contribution in [1.82, 2.24) is 0 Å². The normalized spacial score (nSPS) is 19.8. The minimum Gasteiger partial charge on any atom is -0.389 e. The zero-order valence-corrected chi connectivity index (χ0v) is 11.9. The van der Waals surface area contributed by atoms with Gasteiger partial charge in [0, 0.05) is 17.8 Å². The van der Waals surface area contributed by atoms with E-state index in [0.717, 1.165) is 29.8 Å². The number of aryl methyl sites for hydroxylation is 1. The topological polar surface area (TPSA) is 78.4 Å². The van der Waals surface area contributed by atoms with Crippen LogP contribution in [0.2, 0.25) is 0 Å². The van der Waals surface area contributed by atoms with Crippen LogP contribution < -0.4 is 10.6 Å². The number of anilines is 2. The Hall–Kier alpha value is -1.88. The fourth-order valence-electron chi connectivity index (χ4n) is 3.18. The highest BCUT2D eigenvalue weighted by Gasteiger charge is 2.33. The van der Waals surface area contributed by atoms with Crippen LogP contribution in [0.1, 0.15) is 44.1 Å². The lowest BCUT2D eigenvalue weighted by molar-refractivity contribution is -0.121. The SMILES string of the molecule is O=C(CC1(O)CCCC1)Nc1ccc2c(c1)CCC(=O)N2. The summed E-state index contributed by atoms with van der Waals surface area (Å²) >= 11 is 0. The molecule has 3 N–H and O–H groups in total. The second-order valence-corrected chi connectivity index (χ2v) is 6.08. The van der Waals surface area contributed by atoms with Crippen LogP contribution in [0.4, 0.5) is 11.4 Å². The van der Waals surface area contributed by atoms with Gasteiger partial charge in [-0.1, -0.05) is 12.8 Å². The van der Waals surface area contributed by atoms with Gasteiger partial charge in [-0.05, 0) is 43.0 Å². The van der Waals surface area contributed by atoms with Gasteiger partial charge in [0.1, 0.15) is 0 Å². The number of hydrogen-bond donors (Lipinski definition) is 3. The van der Waals surface area contributed by atoms with E-state index in [1.807, 2.05) is 12.1 Å². The predicted molar refractivity (Wildman–Crippen MR) is 80.1 cm³/mol. The molecule has 2 aliphatic rings. The summed E-state index contributed by atoms with van der Waals surface area (Å²) in [7, 11) is 0. The zero-order chi connectivity index (χ0) is 14.9. The van der Waals surface area contributed by atoms with Gasteiger partial charge in [0.25, 0.3) is 0 Å². The maximum Gasteiger partial charge on any atom is 0.227 e. The number of carbonyl (C=O) groups is 2. The van der Waals surface area contributed by atoms with E-state index in [4.69, 9.17) is 0 Å². The van der Waals surface area contributed by atoms with E-state index in [2.05, 4.69) is 10.6 Å². The molecular formula is C16H20N2O3. The molecule has 1 fully saturated rings. The molecule has 5 heteroatoms. The number of nitrogens with one attached hydrogen (secondary N) is 2. The van der Waals surface area contributed by atoms with Crippen molar-refractivity contribution in [2.45, 2.75) is 50.5 Å². The van der Waals surface area contributed by atoms with E-state index < -0.39 is 5.60 Å². The van der Waals surface area contributed by atoms with E-state index in [1.165, 1.54) is 0 Å². The maximum absolute atomic E-state index is 12.1. The van der Waals surface area contributed by atoms with Gasteiger partial charge in [0.15, 0.2) is 0 Å². The molecule has 1 aromatic rings. The van der Waals surface area contributed by atoms with E-state index in [1.54, 1.807) is 6.07 Å². The van der Waals surface area contributed by atoms with E-state index in [0.29, 0.717) is 25.7 Å². The average Bonchev–Trinajstić information content (AvgIpc) is 2.85. The minimum absolute atomic E-state index is 0.0303. The number of fused-ring (bicyclic) bond motifs is 1. The molecule has 1 saturated carbocycles. The lowest BCUT2D eigenvalue weighted by Crippen LogP contribution is -2.30. The van der Waals surface area contributed by atoms with Crippen molar-refractivity contribution in [3.63, 3.8) is 0 Å². The van der Waals surface area contributed by atoms with Crippen LogP contribution in [-0.2, 0) is 16.0 Å². The third-order valence-corrected chi connectivity index (χ3v) is 4.31. The lowest BCUT2D eigenvalue weighted by atomic mass is 9.97. The van der Waals surface area contributed by atoms with E-state index in [9.17, 15) is 14.7 Å². The number of benzene rings is 1. The average molecular weight is 288 g/mol. The molecule has 5 nitrogen and oxygen atoms in total. The Morgan fingerprint density at radius 3 is 2.81 bits per heavy atom.